The van der Waals surface area contributed by atoms with Gasteiger partial charge in [0.1, 0.15) is 11.6 Å². The third-order valence-corrected chi connectivity index (χ3v) is 6.16. The highest BCUT2D eigenvalue weighted by molar-refractivity contribution is 7.92. The van der Waals surface area contributed by atoms with Crippen molar-refractivity contribution >= 4 is 27.3 Å². The Hall–Kier alpha value is -3.39. The minimum atomic E-state index is -3.81. The Kier molecular flexibility index (Phi) is 6.37. The molecule has 1 amide bonds. The maximum atomic E-state index is 13.0. The van der Waals surface area contributed by atoms with Crippen LogP contribution in [-0.2, 0) is 14.8 Å². The number of para-hydroxylation sites is 1. The van der Waals surface area contributed by atoms with Gasteiger partial charge in [-0.25, -0.2) is 12.8 Å². The van der Waals surface area contributed by atoms with Crippen molar-refractivity contribution in [1.29, 1.82) is 0 Å². The fourth-order valence-electron chi connectivity index (χ4n) is 2.68. The summed E-state index contributed by atoms with van der Waals surface area (Å²) in [5.41, 5.74) is 0.838. The zero-order valence-electron chi connectivity index (χ0n) is 16.4. The van der Waals surface area contributed by atoms with Gasteiger partial charge in [-0.3, -0.25) is 9.10 Å². The Labute approximate surface area is 175 Å². The molecule has 0 aliphatic rings. The molecule has 0 spiro atoms. The average molecular weight is 428 g/mol. The molecule has 0 saturated carbocycles. The number of hydrogen-bond donors (Lipinski definition) is 1. The molecule has 0 heterocycles. The van der Waals surface area contributed by atoms with E-state index in [4.69, 9.17) is 4.74 Å². The Morgan fingerprint density at radius 3 is 2.33 bits per heavy atom. The van der Waals surface area contributed by atoms with E-state index in [9.17, 15) is 17.6 Å². The van der Waals surface area contributed by atoms with Crippen molar-refractivity contribution in [3.8, 4) is 5.75 Å². The largest absolute Gasteiger partial charge is 0.481 e. The molecular weight excluding hydrogens is 407 g/mol. The maximum Gasteiger partial charge on any atom is 0.265 e. The lowest BCUT2D eigenvalue weighted by Gasteiger charge is -2.20. The highest BCUT2D eigenvalue weighted by Gasteiger charge is 2.22. The lowest BCUT2D eigenvalue weighted by Crippen LogP contribution is -2.30. The highest BCUT2D eigenvalue weighted by Crippen LogP contribution is 2.24. The summed E-state index contributed by atoms with van der Waals surface area (Å²) >= 11 is 0. The van der Waals surface area contributed by atoms with Crippen molar-refractivity contribution in [3.05, 3.63) is 84.7 Å². The van der Waals surface area contributed by atoms with Gasteiger partial charge in [0.2, 0.25) is 0 Å². The second-order valence-electron chi connectivity index (χ2n) is 6.54. The Bertz CT molecular complexity index is 1120. The fraction of sp³-hybridized carbons (Fsp3) is 0.136. The standard InChI is InChI=1S/C22H21FN2O4S/c1-16(29-20-13-11-17(23)12-14-20)22(26)24-18-7-6-10-21(15-18)30(27,28)25(2)19-8-4-3-5-9-19/h3-16H,1-2H3,(H,24,26)/t16-/m0/s1. The number of ether oxygens (including phenoxy) is 1. The number of sulfonamides is 1. The van der Waals surface area contributed by atoms with Crippen molar-refractivity contribution < 1.29 is 22.3 Å². The second-order valence-corrected chi connectivity index (χ2v) is 8.51. The van der Waals surface area contributed by atoms with Crippen LogP contribution in [0.5, 0.6) is 5.75 Å². The minimum absolute atomic E-state index is 0.0405. The third-order valence-electron chi connectivity index (χ3n) is 4.38. The van der Waals surface area contributed by atoms with Crippen LogP contribution >= 0.6 is 0 Å². The second kappa shape index (κ2) is 8.96. The molecule has 3 aromatic rings. The van der Waals surface area contributed by atoms with Gasteiger partial charge in [0.15, 0.2) is 6.10 Å². The summed E-state index contributed by atoms with van der Waals surface area (Å²) in [6.45, 7) is 1.54. The first-order valence-corrected chi connectivity index (χ1v) is 10.6. The lowest BCUT2D eigenvalue weighted by molar-refractivity contribution is -0.122. The zero-order valence-corrected chi connectivity index (χ0v) is 17.3. The van der Waals surface area contributed by atoms with Crippen LogP contribution < -0.4 is 14.4 Å². The molecule has 0 aliphatic carbocycles. The zero-order chi connectivity index (χ0) is 21.7. The molecule has 1 N–H and O–H groups in total. The molecule has 30 heavy (non-hydrogen) atoms. The smallest absolute Gasteiger partial charge is 0.265 e. The molecule has 156 valence electrons. The van der Waals surface area contributed by atoms with Gasteiger partial charge in [0.05, 0.1) is 10.6 Å². The van der Waals surface area contributed by atoms with E-state index in [-0.39, 0.29) is 4.90 Å². The van der Waals surface area contributed by atoms with E-state index >= 15 is 0 Å². The molecular formula is C22H21FN2O4S. The highest BCUT2D eigenvalue weighted by atomic mass is 32.2. The van der Waals surface area contributed by atoms with Crippen molar-refractivity contribution in [2.75, 3.05) is 16.7 Å². The SMILES string of the molecule is C[C@H](Oc1ccc(F)cc1)C(=O)Nc1cccc(S(=O)(=O)N(C)c2ccccc2)c1. The quantitative estimate of drug-likeness (QED) is 0.616. The number of amides is 1. The number of nitrogens with zero attached hydrogens (tertiary/aromatic N) is 1. The van der Waals surface area contributed by atoms with Gasteiger partial charge >= 0.3 is 0 Å². The normalized spacial score (nSPS) is 12.1. The van der Waals surface area contributed by atoms with Crippen LogP contribution in [-0.4, -0.2) is 27.5 Å². The van der Waals surface area contributed by atoms with Gasteiger partial charge in [0, 0.05) is 12.7 Å². The van der Waals surface area contributed by atoms with E-state index in [1.54, 1.807) is 49.4 Å². The molecule has 8 heteroatoms. The average Bonchev–Trinajstić information content (AvgIpc) is 2.75. The summed E-state index contributed by atoms with van der Waals surface area (Å²) in [6.07, 6.45) is -0.872. The number of hydrogen-bond acceptors (Lipinski definition) is 4. The Balaban J connectivity index is 1.73. The van der Waals surface area contributed by atoms with Crippen molar-refractivity contribution in [2.24, 2.45) is 0 Å². The summed E-state index contributed by atoms with van der Waals surface area (Å²) in [4.78, 5) is 12.5. The first-order valence-electron chi connectivity index (χ1n) is 9.14. The summed E-state index contributed by atoms with van der Waals surface area (Å²) in [6, 6.07) is 20.0. The van der Waals surface area contributed by atoms with Gasteiger partial charge < -0.3 is 10.1 Å². The molecule has 0 bridgehead atoms. The van der Waals surface area contributed by atoms with Gasteiger partial charge in [0.25, 0.3) is 15.9 Å². The first kappa shape index (κ1) is 21.3. The van der Waals surface area contributed by atoms with Crippen molar-refractivity contribution in [3.63, 3.8) is 0 Å². The lowest BCUT2D eigenvalue weighted by atomic mass is 10.3. The van der Waals surface area contributed by atoms with E-state index < -0.39 is 27.9 Å². The van der Waals surface area contributed by atoms with Crippen LogP contribution in [0.4, 0.5) is 15.8 Å². The molecule has 0 aromatic heterocycles. The van der Waals surface area contributed by atoms with Gasteiger partial charge in [-0.05, 0) is 61.5 Å². The topological polar surface area (TPSA) is 75.7 Å². The number of benzene rings is 3. The van der Waals surface area contributed by atoms with Crippen molar-refractivity contribution in [1.82, 2.24) is 0 Å². The van der Waals surface area contributed by atoms with Gasteiger partial charge in [-0.15, -0.1) is 0 Å². The third kappa shape index (κ3) is 4.96. The minimum Gasteiger partial charge on any atom is -0.481 e. The molecule has 0 radical (unpaired) electrons. The molecule has 0 unspecified atom stereocenters. The van der Waals surface area contributed by atoms with Crippen molar-refractivity contribution in [2.45, 2.75) is 17.9 Å². The number of carbonyl (C=O) groups excluding carboxylic acids is 1. The van der Waals surface area contributed by atoms with E-state index in [1.807, 2.05) is 0 Å². The van der Waals surface area contributed by atoms with Crippen LogP contribution in [0.2, 0.25) is 0 Å². The van der Waals surface area contributed by atoms with E-state index in [1.165, 1.54) is 47.8 Å². The number of carbonyl (C=O) groups is 1. The predicted molar refractivity (Wildman–Crippen MR) is 114 cm³/mol. The molecule has 1 atom stereocenters. The molecule has 3 rings (SSSR count). The maximum absolute atomic E-state index is 13.0. The fourth-order valence-corrected chi connectivity index (χ4v) is 3.93. The number of nitrogens with one attached hydrogen (secondary N) is 1. The summed E-state index contributed by atoms with van der Waals surface area (Å²) in [5, 5.41) is 2.64. The summed E-state index contributed by atoms with van der Waals surface area (Å²) < 4.78 is 45.5. The summed E-state index contributed by atoms with van der Waals surface area (Å²) in [7, 11) is -2.34. The van der Waals surface area contributed by atoms with Crippen LogP contribution in [0.15, 0.2) is 83.8 Å². The first-order chi connectivity index (χ1) is 14.3. The van der Waals surface area contributed by atoms with E-state index in [0.29, 0.717) is 17.1 Å². The molecule has 3 aromatic carbocycles. The van der Waals surface area contributed by atoms with Crippen LogP contribution in [0.3, 0.4) is 0 Å². The Morgan fingerprint density at radius 1 is 1.00 bits per heavy atom. The number of halogens is 1. The summed E-state index contributed by atoms with van der Waals surface area (Å²) in [5.74, 6) is -0.525. The van der Waals surface area contributed by atoms with Gasteiger partial charge in [-0.1, -0.05) is 24.3 Å². The predicted octanol–water partition coefficient (Wildman–Crippen LogP) is 4.06. The number of anilines is 2. The van der Waals surface area contributed by atoms with Crippen LogP contribution in [0.1, 0.15) is 6.92 Å². The molecule has 0 fully saturated rings. The van der Waals surface area contributed by atoms with E-state index in [0.717, 1.165) is 0 Å². The molecule has 0 saturated heterocycles. The van der Waals surface area contributed by atoms with Crippen LogP contribution in [0, 0.1) is 5.82 Å². The molecule has 6 nitrogen and oxygen atoms in total. The molecule has 0 aliphatic heterocycles. The van der Waals surface area contributed by atoms with Crippen LogP contribution in [0.25, 0.3) is 0 Å². The van der Waals surface area contributed by atoms with Gasteiger partial charge in [-0.2, -0.15) is 0 Å². The van der Waals surface area contributed by atoms with E-state index in [2.05, 4.69) is 5.32 Å². The monoisotopic (exact) mass is 428 g/mol. The number of rotatable bonds is 7. The Morgan fingerprint density at radius 2 is 1.67 bits per heavy atom.